The minimum atomic E-state index is 0.122. The number of rotatable bonds is 5. The van der Waals surface area contributed by atoms with Crippen LogP contribution < -0.4 is 15.4 Å². The lowest BCUT2D eigenvalue weighted by molar-refractivity contribution is -0.120. The second kappa shape index (κ2) is 8.04. The fourth-order valence-corrected chi connectivity index (χ4v) is 4.89. The van der Waals surface area contributed by atoms with Gasteiger partial charge in [-0.3, -0.25) is 4.57 Å². The van der Waals surface area contributed by atoms with E-state index in [0.29, 0.717) is 12.6 Å². The molecule has 0 spiro atoms. The number of imidazole rings is 1. The highest BCUT2D eigenvalue weighted by Crippen LogP contribution is 2.32. The maximum Gasteiger partial charge on any atom is 0.121 e. The number of nitrogens with two attached hydrogens (primary N) is 1. The van der Waals surface area contributed by atoms with Gasteiger partial charge in [-0.25, -0.2) is 4.98 Å². The Morgan fingerprint density at radius 3 is 2.73 bits per heavy atom. The minimum absolute atomic E-state index is 0.122. The zero-order valence-corrected chi connectivity index (χ0v) is 19.0. The number of nitrogens with zero attached hydrogens (tertiary/aromatic N) is 3. The van der Waals surface area contributed by atoms with Crippen LogP contribution in [0, 0.1) is 5.41 Å². The zero-order valence-electron chi connectivity index (χ0n) is 19.0. The molecule has 3 aromatic carbocycles. The Morgan fingerprint density at radius 2 is 1.94 bits per heavy atom. The highest BCUT2D eigenvalue weighted by atomic mass is 16.5. The first-order chi connectivity index (χ1) is 16.1. The van der Waals surface area contributed by atoms with Crippen LogP contribution in [0.5, 0.6) is 5.75 Å². The lowest BCUT2D eigenvalue weighted by atomic mass is 9.90. The molecule has 6 rings (SSSR count). The van der Waals surface area contributed by atoms with Gasteiger partial charge in [0.1, 0.15) is 12.1 Å². The molecule has 3 heterocycles. The van der Waals surface area contributed by atoms with Crippen LogP contribution in [0.1, 0.15) is 19.8 Å². The normalized spacial score (nSPS) is 18.5. The van der Waals surface area contributed by atoms with E-state index >= 15 is 0 Å². The first-order valence-corrected chi connectivity index (χ1v) is 11.8. The quantitative estimate of drug-likeness (QED) is 0.492. The second-order valence-corrected chi connectivity index (χ2v) is 9.86. The Kier molecular flexibility index (Phi) is 5.00. The standard InChI is InChI=1S/C27H30N4O2/c1-27(15-32-16-27)17-33-22-7-8-26-24(14-22)29-18-31(26)21-6-5-19-3-2-4-25(23(19)13-21)30-11-9-20(28)10-12-30/h2-8,13-14,18,20H,9-12,15-17,28H2,1H3. The molecule has 4 aromatic rings. The van der Waals surface area contributed by atoms with Crippen molar-refractivity contribution in [1.29, 1.82) is 0 Å². The number of hydrogen-bond donors (Lipinski definition) is 1. The number of anilines is 1. The van der Waals surface area contributed by atoms with E-state index in [9.17, 15) is 0 Å². The van der Waals surface area contributed by atoms with Gasteiger partial charge in [0.05, 0.1) is 30.9 Å². The van der Waals surface area contributed by atoms with Crippen molar-refractivity contribution in [3.05, 3.63) is 60.9 Å². The molecule has 0 bridgehead atoms. The van der Waals surface area contributed by atoms with E-state index in [1.165, 1.54) is 16.5 Å². The molecule has 1 aromatic heterocycles. The molecule has 0 amide bonds. The van der Waals surface area contributed by atoms with Gasteiger partial charge in [-0.1, -0.05) is 25.1 Å². The number of piperidine rings is 1. The molecule has 0 saturated carbocycles. The van der Waals surface area contributed by atoms with Crippen LogP contribution in [0.25, 0.3) is 27.5 Å². The van der Waals surface area contributed by atoms with Crippen LogP contribution >= 0.6 is 0 Å². The third kappa shape index (κ3) is 3.83. The number of hydrogen-bond acceptors (Lipinski definition) is 5. The van der Waals surface area contributed by atoms with Crippen LogP contribution in [0.4, 0.5) is 5.69 Å². The first kappa shape index (κ1) is 20.5. The molecule has 2 N–H and O–H groups in total. The Bertz CT molecular complexity index is 1300. The third-order valence-electron chi connectivity index (χ3n) is 7.01. The van der Waals surface area contributed by atoms with E-state index in [0.717, 1.165) is 61.6 Å². The fraction of sp³-hybridized carbons (Fsp3) is 0.370. The first-order valence-electron chi connectivity index (χ1n) is 11.8. The smallest absolute Gasteiger partial charge is 0.121 e. The largest absolute Gasteiger partial charge is 0.493 e. The number of ether oxygens (including phenoxy) is 2. The van der Waals surface area contributed by atoms with Crippen molar-refractivity contribution in [2.24, 2.45) is 11.1 Å². The molecule has 0 aliphatic carbocycles. The third-order valence-corrected chi connectivity index (χ3v) is 7.01. The highest BCUT2D eigenvalue weighted by Gasteiger charge is 2.34. The van der Waals surface area contributed by atoms with Gasteiger partial charge in [-0.2, -0.15) is 0 Å². The Morgan fingerprint density at radius 1 is 1.09 bits per heavy atom. The second-order valence-electron chi connectivity index (χ2n) is 9.86. The topological polar surface area (TPSA) is 65.5 Å². The van der Waals surface area contributed by atoms with Crippen molar-refractivity contribution in [2.45, 2.75) is 25.8 Å². The summed E-state index contributed by atoms with van der Waals surface area (Å²) in [6.45, 7) is 6.39. The van der Waals surface area contributed by atoms with Crippen molar-refractivity contribution in [1.82, 2.24) is 9.55 Å². The fourth-order valence-electron chi connectivity index (χ4n) is 4.89. The van der Waals surface area contributed by atoms with Crippen LogP contribution in [-0.4, -0.2) is 48.5 Å². The van der Waals surface area contributed by atoms with Gasteiger partial charge in [0.2, 0.25) is 0 Å². The molecule has 0 unspecified atom stereocenters. The summed E-state index contributed by atoms with van der Waals surface area (Å²) in [7, 11) is 0. The predicted octanol–water partition coefficient (Wildman–Crippen LogP) is 4.52. The van der Waals surface area contributed by atoms with Crippen molar-refractivity contribution >= 4 is 27.5 Å². The van der Waals surface area contributed by atoms with Crippen LogP contribution in [0.3, 0.4) is 0 Å². The van der Waals surface area contributed by atoms with Gasteiger partial charge in [-0.05, 0) is 48.6 Å². The molecule has 33 heavy (non-hydrogen) atoms. The Balaban J connectivity index is 1.32. The lowest BCUT2D eigenvalue weighted by Gasteiger charge is -2.37. The van der Waals surface area contributed by atoms with Gasteiger partial charge in [-0.15, -0.1) is 0 Å². The summed E-state index contributed by atoms with van der Waals surface area (Å²) in [5.41, 5.74) is 10.7. The SMILES string of the molecule is CC1(COc2ccc3c(c2)ncn3-c2ccc3cccc(N4CCC(N)CC4)c3c2)COC1. The van der Waals surface area contributed by atoms with E-state index in [-0.39, 0.29) is 5.41 Å². The molecule has 2 aliphatic heterocycles. The molecule has 2 saturated heterocycles. The van der Waals surface area contributed by atoms with E-state index in [2.05, 4.69) is 63.8 Å². The number of benzene rings is 3. The summed E-state index contributed by atoms with van der Waals surface area (Å²) in [5, 5.41) is 2.52. The summed E-state index contributed by atoms with van der Waals surface area (Å²) in [5.74, 6) is 0.852. The maximum atomic E-state index is 6.14. The monoisotopic (exact) mass is 442 g/mol. The van der Waals surface area contributed by atoms with Gasteiger partial charge in [0.15, 0.2) is 0 Å². The molecule has 6 nitrogen and oxygen atoms in total. The molecular formula is C27H30N4O2. The van der Waals surface area contributed by atoms with E-state index in [1.807, 2.05) is 18.5 Å². The average molecular weight is 443 g/mol. The molecule has 0 radical (unpaired) electrons. The van der Waals surface area contributed by atoms with Crippen molar-refractivity contribution in [3.8, 4) is 11.4 Å². The molecule has 0 atom stereocenters. The highest BCUT2D eigenvalue weighted by molar-refractivity contribution is 5.96. The Hall–Kier alpha value is -3.09. The molecule has 6 heteroatoms. The summed E-state index contributed by atoms with van der Waals surface area (Å²) in [6, 6.07) is 19.7. The maximum absolute atomic E-state index is 6.14. The summed E-state index contributed by atoms with van der Waals surface area (Å²) >= 11 is 0. The lowest BCUT2D eigenvalue weighted by Crippen LogP contribution is -2.44. The number of aromatic nitrogens is 2. The number of fused-ring (bicyclic) bond motifs is 2. The van der Waals surface area contributed by atoms with Gasteiger partial charge in [0, 0.05) is 47.4 Å². The summed E-state index contributed by atoms with van der Waals surface area (Å²) < 4.78 is 13.5. The van der Waals surface area contributed by atoms with E-state index < -0.39 is 0 Å². The van der Waals surface area contributed by atoms with Gasteiger partial charge >= 0.3 is 0 Å². The molecule has 2 aliphatic rings. The van der Waals surface area contributed by atoms with Crippen LogP contribution in [-0.2, 0) is 4.74 Å². The minimum Gasteiger partial charge on any atom is -0.493 e. The Labute approximate surface area is 193 Å². The van der Waals surface area contributed by atoms with Crippen LogP contribution in [0.15, 0.2) is 60.9 Å². The van der Waals surface area contributed by atoms with Gasteiger partial charge in [0.25, 0.3) is 0 Å². The van der Waals surface area contributed by atoms with Crippen molar-refractivity contribution < 1.29 is 9.47 Å². The van der Waals surface area contributed by atoms with Gasteiger partial charge < -0.3 is 20.1 Å². The molecule has 2 fully saturated rings. The van der Waals surface area contributed by atoms with Crippen molar-refractivity contribution in [2.75, 3.05) is 37.8 Å². The molecule has 170 valence electrons. The van der Waals surface area contributed by atoms with Crippen LogP contribution in [0.2, 0.25) is 0 Å². The average Bonchev–Trinajstić information content (AvgIpc) is 3.25. The summed E-state index contributed by atoms with van der Waals surface area (Å²) in [6.07, 6.45) is 3.98. The van der Waals surface area contributed by atoms with E-state index in [4.69, 9.17) is 15.2 Å². The summed E-state index contributed by atoms with van der Waals surface area (Å²) in [4.78, 5) is 7.14. The molecular weight excluding hydrogens is 412 g/mol. The zero-order chi connectivity index (χ0) is 22.4. The van der Waals surface area contributed by atoms with E-state index in [1.54, 1.807) is 0 Å². The predicted molar refractivity (Wildman–Crippen MR) is 132 cm³/mol. The van der Waals surface area contributed by atoms with Crippen molar-refractivity contribution in [3.63, 3.8) is 0 Å².